The molecule has 0 saturated carbocycles. The third kappa shape index (κ3) is 3.65. The molecule has 0 atom stereocenters. The SMILES string of the molecule is CN(Cc1cc(-c2cccs2)n[nH]1)Cc1nnc(-c2cccnc2)o1. The molecule has 126 valence electrons. The average molecular weight is 352 g/mol. The van der Waals surface area contributed by atoms with Crippen molar-refractivity contribution in [3.63, 3.8) is 0 Å². The van der Waals surface area contributed by atoms with E-state index in [0.29, 0.717) is 24.9 Å². The number of H-pyrrole nitrogens is 1. The van der Waals surface area contributed by atoms with Gasteiger partial charge < -0.3 is 4.42 Å². The van der Waals surface area contributed by atoms with Gasteiger partial charge in [0.05, 0.1) is 17.0 Å². The fourth-order valence-electron chi connectivity index (χ4n) is 2.49. The molecule has 4 aromatic rings. The Balaban J connectivity index is 1.39. The van der Waals surface area contributed by atoms with Gasteiger partial charge in [-0.05, 0) is 36.7 Å². The van der Waals surface area contributed by atoms with Gasteiger partial charge in [-0.3, -0.25) is 15.0 Å². The van der Waals surface area contributed by atoms with Gasteiger partial charge in [0.15, 0.2) is 0 Å². The van der Waals surface area contributed by atoms with E-state index in [-0.39, 0.29) is 0 Å². The molecule has 0 unspecified atom stereocenters. The first-order chi connectivity index (χ1) is 12.3. The Morgan fingerprint density at radius 1 is 1.20 bits per heavy atom. The first-order valence-corrected chi connectivity index (χ1v) is 8.65. The molecule has 0 aliphatic rings. The molecule has 0 fully saturated rings. The highest BCUT2D eigenvalue weighted by molar-refractivity contribution is 7.13. The predicted molar refractivity (Wildman–Crippen MR) is 94.6 cm³/mol. The highest BCUT2D eigenvalue weighted by Crippen LogP contribution is 2.23. The van der Waals surface area contributed by atoms with E-state index in [1.807, 2.05) is 30.6 Å². The number of aromatic nitrogens is 5. The van der Waals surface area contributed by atoms with E-state index in [4.69, 9.17) is 4.42 Å². The van der Waals surface area contributed by atoms with Crippen molar-refractivity contribution in [2.75, 3.05) is 7.05 Å². The summed E-state index contributed by atoms with van der Waals surface area (Å²) < 4.78 is 5.71. The summed E-state index contributed by atoms with van der Waals surface area (Å²) in [7, 11) is 2.00. The van der Waals surface area contributed by atoms with Crippen molar-refractivity contribution in [1.29, 1.82) is 0 Å². The number of rotatable bonds is 6. The molecule has 8 heteroatoms. The molecule has 4 rings (SSSR count). The zero-order valence-electron chi connectivity index (χ0n) is 13.6. The van der Waals surface area contributed by atoms with Crippen LogP contribution < -0.4 is 0 Å². The Hall–Kier alpha value is -2.84. The molecule has 7 nitrogen and oxygen atoms in total. The number of pyridine rings is 1. The molecular weight excluding hydrogens is 336 g/mol. The lowest BCUT2D eigenvalue weighted by Gasteiger charge is -2.12. The molecular formula is C17H16N6OS. The second-order valence-electron chi connectivity index (χ2n) is 5.67. The summed E-state index contributed by atoms with van der Waals surface area (Å²) in [4.78, 5) is 7.31. The molecule has 0 amide bonds. The molecule has 0 bridgehead atoms. The van der Waals surface area contributed by atoms with Gasteiger partial charge in [-0.25, -0.2) is 0 Å². The summed E-state index contributed by atoms with van der Waals surface area (Å²) in [5, 5.41) is 17.7. The maximum Gasteiger partial charge on any atom is 0.249 e. The van der Waals surface area contributed by atoms with E-state index >= 15 is 0 Å². The van der Waals surface area contributed by atoms with Crippen molar-refractivity contribution in [1.82, 2.24) is 30.3 Å². The number of hydrogen-bond donors (Lipinski definition) is 1. The minimum absolute atomic E-state index is 0.484. The van der Waals surface area contributed by atoms with Crippen LogP contribution in [0.1, 0.15) is 11.6 Å². The van der Waals surface area contributed by atoms with Crippen molar-refractivity contribution in [2.45, 2.75) is 13.1 Å². The minimum Gasteiger partial charge on any atom is -0.419 e. The van der Waals surface area contributed by atoms with Crippen LogP contribution in [-0.2, 0) is 13.1 Å². The molecule has 0 spiro atoms. The van der Waals surface area contributed by atoms with Crippen molar-refractivity contribution in [3.8, 4) is 22.0 Å². The predicted octanol–water partition coefficient (Wildman–Crippen LogP) is 3.22. The molecule has 4 heterocycles. The number of nitrogens with zero attached hydrogens (tertiary/aromatic N) is 5. The lowest BCUT2D eigenvalue weighted by atomic mass is 10.3. The zero-order chi connectivity index (χ0) is 17.1. The third-order valence-corrected chi connectivity index (χ3v) is 4.52. The van der Waals surface area contributed by atoms with Gasteiger partial charge in [-0.15, -0.1) is 21.5 Å². The quantitative estimate of drug-likeness (QED) is 0.574. The van der Waals surface area contributed by atoms with Crippen LogP contribution in [0.25, 0.3) is 22.0 Å². The molecule has 25 heavy (non-hydrogen) atoms. The summed E-state index contributed by atoms with van der Waals surface area (Å²) >= 11 is 1.68. The number of thiophene rings is 1. The van der Waals surface area contributed by atoms with Gasteiger partial charge in [-0.1, -0.05) is 6.07 Å². The average Bonchev–Trinajstić information content (AvgIpc) is 3.37. The summed E-state index contributed by atoms with van der Waals surface area (Å²) in [6.07, 6.45) is 3.42. The van der Waals surface area contributed by atoms with E-state index in [1.54, 1.807) is 23.7 Å². The van der Waals surface area contributed by atoms with E-state index in [1.165, 1.54) is 0 Å². The van der Waals surface area contributed by atoms with Crippen LogP contribution in [0.4, 0.5) is 0 Å². The maximum atomic E-state index is 5.71. The van der Waals surface area contributed by atoms with Gasteiger partial charge in [-0.2, -0.15) is 5.10 Å². The molecule has 0 aliphatic carbocycles. The summed E-state index contributed by atoms with van der Waals surface area (Å²) in [6.45, 7) is 1.27. The van der Waals surface area contributed by atoms with E-state index < -0.39 is 0 Å². The smallest absolute Gasteiger partial charge is 0.249 e. The highest BCUT2D eigenvalue weighted by Gasteiger charge is 2.12. The van der Waals surface area contributed by atoms with Gasteiger partial charge in [0.1, 0.15) is 5.69 Å². The highest BCUT2D eigenvalue weighted by atomic mass is 32.1. The molecule has 0 aromatic carbocycles. The minimum atomic E-state index is 0.484. The van der Waals surface area contributed by atoms with Gasteiger partial charge >= 0.3 is 0 Å². The number of nitrogens with one attached hydrogen (secondary N) is 1. The fraction of sp³-hybridized carbons (Fsp3) is 0.176. The number of hydrogen-bond acceptors (Lipinski definition) is 7. The van der Waals surface area contributed by atoms with Crippen LogP contribution >= 0.6 is 11.3 Å². The largest absolute Gasteiger partial charge is 0.419 e. The first-order valence-electron chi connectivity index (χ1n) is 7.77. The normalized spacial score (nSPS) is 11.3. The van der Waals surface area contributed by atoms with Crippen LogP contribution in [0.5, 0.6) is 0 Å². The molecule has 0 radical (unpaired) electrons. The van der Waals surface area contributed by atoms with E-state index in [0.717, 1.165) is 21.8 Å². The molecule has 0 saturated heterocycles. The third-order valence-electron chi connectivity index (χ3n) is 3.63. The van der Waals surface area contributed by atoms with Crippen molar-refractivity contribution in [3.05, 3.63) is 59.7 Å². The Kier molecular flexibility index (Phi) is 4.36. The Morgan fingerprint density at radius 2 is 2.16 bits per heavy atom. The second-order valence-corrected chi connectivity index (χ2v) is 6.62. The summed E-state index contributed by atoms with van der Waals surface area (Å²) in [5.74, 6) is 1.05. The van der Waals surface area contributed by atoms with Crippen LogP contribution in [0.3, 0.4) is 0 Å². The second kappa shape index (κ2) is 6.96. The standard InChI is InChI=1S/C17H16N6OS/c1-23(10-13-8-14(20-19-13)15-5-3-7-25-15)11-16-21-22-17(24-16)12-4-2-6-18-9-12/h2-9H,10-11H2,1H3,(H,19,20). The Labute approximate surface area is 148 Å². The first kappa shape index (κ1) is 15.7. The molecule has 4 aromatic heterocycles. The monoisotopic (exact) mass is 352 g/mol. The van der Waals surface area contributed by atoms with Crippen LogP contribution in [0, 0.1) is 0 Å². The zero-order valence-corrected chi connectivity index (χ0v) is 14.4. The maximum absolute atomic E-state index is 5.71. The van der Waals surface area contributed by atoms with Crippen molar-refractivity contribution < 1.29 is 4.42 Å². The molecule has 0 aliphatic heterocycles. The van der Waals surface area contributed by atoms with Gasteiger partial charge in [0, 0.05) is 24.6 Å². The molecule has 1 N–H and O–H groups in total. The Bertz CT molecular complexity index is 931. The van der Waals surface area contributed by atoms with Crippen molar-refractivity contribution >= 4 is 11.3 Å². The lowest BCUT2D eigenvalue weighted by molar-refractivity contribution is 0.279. The van der Waals surface area contributed by atoms with E-state index in [2.05, 4.69) is 42.4 Å². The Morgan fingerprint density at radius 3 is 2.96 bits per heavy atom. The van der Waals surface area contributed by atoms with E-state index in [9.17, 15) is 0 Å². The lowest BCUT2D eigenvalue weighted by Crippen LogP contribution is -2.17. The number of aromatic amines is 1. The van der Waals surface area contributed by atoms with Crippen LogP contribution in [-0.4, -0.2) is 37.3 Å². The van der Waals surface area contributed by atoms with Crippen LogP contribution in [0.2, 0.25) is 0 Å². The topological polar surface area (TPSA) is 83.7 Å². The van der Waals surface area contributed by atoms with Crippen molar-refractivity contribution in [2.24, 2.45) is 0 Å². The fourth-order valence-corrected chi connectivity index (χ4v) is 3.18. The van der Waals surface area contributed by atoms with Crippen LogP contribution in [0.15, 0.2) is 52.5 Å². The van der Waals surface area contributed by atoms with Gasteiger partial charge in [0.25, 0.3) is 0 Å². The summed E-state index contributed by atoms with van der Waals surface area (Å²) in [6, 6.07) is 9.89. The summed E-state index contributed by atoms with van der Waals surface area (Å²) in [5.41, 5.74) is 2.83. The van der Waals surface area contributed by atoms with Gasteiger partial charge in [0.2, 0.25) is 11.8 Å².